The first kappa shape index (κ1) is 15.3. The fraction of sp³-hybridized carbons (Fsp3) is 0.455. The molecule has 2 N–H and O–H groups in total. The van der Waals surface area contributed by atoms with Crippen LogP contribution in [0.25, 0.3) is 0 Å². The summed E-state index contributed by atoms with van der Waals surface area (Å²) in [5.41, 5.74) is -1.09. The van der Waals surface area contributed by atoms with Crippen LogP contribution in [0, 0.1) is 0 Å². The molecule has 0 aliphatic heterocycles. The second-order valence-corrected chi connectivity index (χ2v) is 4.50. The maximum absolute atomic E-state index is 12.9. The number of likely N-dealkylation sites (N-methyl/N-ethyl adjacent to an activating group) is 1. The summed E-state index contributed by atoms with van der Waals surface area (Å²) in [6, 6.07) is 2.10. The number of ether oxygens (including phenoxy) is 1. The maximum atomic E-state index is 12.9. The van der Waals surface area contributed by atoms with Gasteiger partial charge in [-0.15, -0.1) is 0 Å². The van der Waals surface area contributed by atoms with Crippen LogP contribution in [0.15, 0.2) is 16.6 Å². The van der Waals surface area contributed by atoms with Crippen LogP contribution >= 0.6 is 15.9 Å². The number of rotatable bonds is 4. The highest BCUT2D eigenvalue weighted by Gasteiger charge is 2.36. The Morgan fingerprint density at radius 3 is 2.50 bits per heavy atom. The quantitative estimate of drug-likeness (QED) is 0.893. The molecule has 3 nitrogen and oxygen atoms in total. The monoisotopic (exact) mass is 327 g/mol. The highest BCUT2D eigenvalue weighted by Crippen LogP contribution is 2.40. The molecule has 0 amide bonds. The van der Waals surface area contributed by atoms with Crippen molar-refractivity contribution in [1.82, 2.24) is 5.32 Å². The number of alkyl halides is 3. The number of nitrogens with one attached hydrogen (secondary N) is 1. The van der Waals surface area contributed by atoms with Gasteiger partial charge >= 0.3 is 6.18 Å². The Hall–Kier alpha value is -0.790. The van der Waals surface area contributed by atoms with Gasteiger partial charge < -0.3 is 15.2 Å². The molecule has 0 spiro atoms. The molecule has 0 aliphatic rings. The van der Waals surface area contributed by atoms with Gasteiger partial charge in [-0.3, -0.25) is 0 Å². The van der Waals surface area contributed by atoms with Gasteiger partial charge in [0.1, 0.15) is 5.75 Å². The Labute approximate surface area is 111 Å². The number of hydrogen-bond acceptors (Lipinski definition) is 3. The molecule has 0 fully saturated rings. The van der Waals surface area contributed by atoms with Gasteiger partial charge in [0.05, 0.1) is 23.2 Å². The van der Waals surface area contributed by atoms with Crippen LogP contribution in [-0.4, -0.2) is 25.8 Å². The Morgan fingerprint density at radius 2 is 2.06 bits per heavy atom. The zero-order valence-corrected chi connectivity index (χ0v) is 11.4. The van der Waals surface area contributed by atoms with E-state index in [1.165, 1.54) is 13.2 Å². The smallest absolute Gasteiger partial charge is 0.416 e. The van der Waals surface area contributed by atoms with Crippen molar-refractivity contribution in [3.63, 3.8) is 0 Å². The van der Waals surface area contributed by atoms with E-state index in [0.29, 0.717) is 4.47 Å². The Balaban J connectivity index is 3.34. The van der Waals surface area contributed by atoms with Crippen LogP contribution in [0.4, 0.5) is 13.2 Å². The molecule has 0 saturated carbocycles. The average molecular weight is 328 g/mol. The van der Waals surface area contributed by atoms with E-state index in [1.807, 2.05) is 0 Å². The number of halogens is 4. The number of benzene rings is 1. The van der Waals surface area contributed by atoms with Gasteiger partial charge in [-0.1, -0.05) is 0 Å². The summed E-state index contributed by atoms with van der Waals surface area (Å²) in [4.78, 5) is 0. The fourth-order valence-corrected chi connectivity index (χ4v) is 2.07. The zero-order valence-electron chi connectivity index (χ0n) is 9.81. The Kier molecular flexibility index (Phi) is 5.01. The predicted molar refractivity (Wildman–Crippen MR) is 64.6 cm³/mol. The summed E-state index contributed by atoms with van der Waals surface area (Å²) in [6.45, 7) is 0.0296. The van der Waals surface area contributed by atoms with Crippen LogP contribution in [0.1, 0.15) is 17.2 Å². The van der Waals surface area contributed by atoms with Crippen LogP contribution in [0.3, 0.4) is 0 Å². The molecule has 0 radical (unpaired) electrons. The largest absolute Gasteiger partial charge is 0.496 e. The molecular weight excluding hydrogens is 315 g/mol. The van der Waals surface area contributed by atoms with Crippen molar-refractivity contribution in [3.8, 4) is 5.75 Å². The van der Waals surface area contributed by atoms with Crippen molar-refractivity contribution in [3.05, 3.63) is 27.7 Å². The third kappa shape index (κ3) is 3.37. The lowest BCUT2D eigenvalue weighted by molar-refractivity contribution is -0.139. The SMILES string of the molecule is CNCC(O)c1cc(Br)c(OC)cc1C(F)(F)F. The predicted octanol–water partition coefficient (Wildman–Crippen LogP) is 2.73. The summed E-state index contributed by atoms with van der Waals surface area (Å²) in [7, 11) is 2.83. The van der Waals surface area contributed by atoms with Gasteiger partial charge in [-0.25, -0.2) is 0 Å². The number of methoxy groups -OCH3 is 1. The van der Waals surface area contributed by atoms with Crippen LogP contribution in [-0.2, 0) is 6.18 Å². The van der Waals surface area contributed by atoms with E-state index in [-0.39, 0.29) is 17.9 Å². The minimum Gasteiger partial charge on any atom is -0.496 e. The van der Waals surface area contributed by atoms with Gasteiger partial charge in [-0.05, 0) is 40.7 Å². The number of hydrogen-bond donors (Lipinski definition) is 2. The summed E-state index contributed by atoms with van der Waals surface area (Å²) in [5.74, 6) is 0.0720. The van der Waals surface area contributed by atoms with Gasteiger partial charge in [0.15, 0.2) is 0 Å². The molecule has 0 aromatic heterocycles. The van der Waals surface area contributed by atoms with E-state index < -0.39 is 17.8 Å². The minimum absolute atomic E-state index is 0.0296. The van der Waals surface area contributed by atoms with E-state index in [4.69, 9.17) is 4.74 Å². The van der Waals surface area contributed by atoms with E-state index in [1.54, 1.807) is 7.05 Å². The standard InChI is InChI=1S/C11H13BrF3NO2/c1-16-5-9(17)6-3-8(12)10(18-2)4-7(6)11(13,14)15/h3-4,9,16-17H,5H2,1-2H3. The molecule has 0 bridgehead atoms. The van der Waals surface area contributed by atoms with E-state index in [2.05, 4.69) is 21.2 Å². The van der Waals surface area contributed by atoms with Gasteiger partial charge in [0.25, 0.3) is 0 Å². The molecule has 0 saturated heterocycles. The normalized spacial score (nSPS) is 13.5. The second-order valence-electron chi connectivity index (χ2n) is 3.65. The third-order valence-electron chi connectivity index (χ3n) is 2.39. The average Bonchev–Trinajstić information content (AvgIpc) is 2.27. The minimum atomic E-state index is -4.54. The van der Waals surface area contributed by atoms with Crippen molar-refractivity contribution < 1.29 is 23.0 Å². The summed E-state index contributed by atoms with van der Waals surface area (Å²) in [6.07, 6.45) is -5.79. The number of aliphatic hydroxyl groups is 1. The van der Waals surface area contributed by atoms with E-state index >= 15 is 0 Å². The number of aliphatic hydroxyl groups excluding tert-OH is 1. The van der Waals surface area contributed by atoms with Gasteiger partial charge in [0, 0.05) is 6.54 Å². The molecule has 1 aromatic carbocycles. The third-order valence-corrected chi connectivity index (χ3v) is 3.01. The molecule has 0 heterocycles. The van der Waals surface area contributed by atoms with E-state index in [0.717, 1.165) is 6.07 Å². The first-order valence-electron chi connectivity index (χ1n) is 5.08. The molecule has 7 heteroatoms. The van der Waals surface area contributed by atoms with Crippen molar-refractivity contribution >= 4 is 15.9 Å². The second kappa shape index (κ2) is 5.90. The Morgan fingerprint density at radius 1 is 1.44 bits per heavy atom. The first-order chi connectivity index (χ1) is 8.31. The highest BCUT2D eigenvalue weighted by molar-refractivity contribution is 9.10. The molecule has 1 atom stereocenters. The molecule has 1 unspecified atom stereocenters. The zero-order chi connectivity index (χ0) is 13.9. The fourth-order valence-electron chi connectivity index (χ4n) is 1.55. The lowest BCUT2D eigenvalue weighted by atomic mass is 10.0. The lowest BCUT2D eigenvalue weighted by Gasteiger charge is -2.19. The molecule has 1 rings (SSSR count). The lowest BCUT2D eigenvalue weighted by Crippen LogP contribution is -2.20. The highest BCUT2D eigenvalue weighted by atomic mass is 79.9. The van der Waals surface area contributed by atoms with Crippen molar-refractivity contribution in [2.75, 3.05) is 20.7 Å². The Bertz CT molecular complexity index is 423. The summed E-state index contributed by atoms with van der Waals surface area (Å²) < 4.78 is 43.9. The summed E-state index contributed by atoms with van der Waals surface area (Å²) >= 11 is 3.10. The van der Waals surface area contributed by atoms with Gasteiger partial charge in [-0.2, -0.15) is 13.2 Å². The molecule has 1 aromatic rings. The van der Waals surface area contributed by atoms with Crippen molar-refractivity contribution in [1.29, 1.82) is 0 Å². The molecule has 18 heavy (non-hydrogen) atoms. The van der Waals surface area contributed by atoms with Crippen LogP contribution in [0.2, 0.25) is 0 Å². The van der Waals surface area contributed by atoms with E-state index in [9.17, 15) is 18.3 Å². The van der Waals surface area contributed by atoms with Crippen LogP contribution < -0.4 is 10.1 Å². The molecular formula is C11H13BrF3NO2. The molecule has 0 aliphatic carbocycles. The molecule has 102 valence electrons. The summed E-state index contributed by atoms with van der Waals surface area (Å²) in [5, 5.41) is 12.4. The maximum Gasteiger partial charge on any atom is 0.416 e. The van der Waals surface area contributed by atoms with Crippen molar-refractivity contribution in [2.45, 2.75) is 12.3 Å². The first-order valence-corrected chi connectivity index (χ1v) is 5.87. The van der Waals surface area contributed by atoms with Crippen molar-refractivity contribution in [2.24, 2.45) is 0 Å². The van der Waals surface area contributed by atoms with Crippen LogP contribution in [0.5, 0.6) is 5.75 Å². The topological polar surface area (TPSA) is 41.5 Å². The van der Waals surface area contributed by atoms with Gasteiger partial charge in [0.2, 0.25) is 0 Å².